The van der Waals surface area contributed by atoms with Gasteiger partial charge in [-0.05, 0) is 31.3 Å². The third-order valence-electron chi connectivity index (χ3n) is 5.22. The summed E-state index contributed by atoms with van der Waals surface area (Å²) in [7, 11) is 3.81. The third kappa shape index (κ3) is 3.20. The van der Waals surface area contributed by atoms with Crippen LogP contribution in [0.15, 0.2) is 42.6 Å². The van der Waals surface area contributed by atoms with Gasteiger partial charge in [-0.15, -0.1) is 0 Å². The first kappa shape index (κ1) is 17.6. The molecule has 0 N–H and O–H groups in total. The lowest BCUT2D eigenvalue weighted by atomic mass is 10.1. The first-order valence-corrected chi connectivity index (χ1v) is 9.12. The molecule has 2 aromatic rings. The van der Waals surface area contributed by atoms with E-state index in [1.807, 2.05) is 24.3 Å². The number of carbonyl (C=O) groups excluding carboxylic acids is 2. The van der Waals surface area contributed by atoms with Crippen molar-refractivity contribution in [3.8, 4) is 0 Å². The molecule has 7 nitrogen and oxygen atoms in total. The standard InChI is InChI=1S/C20H23N5O2/c1-22-10-12-24(13-11-22)14-18(26)25-16-7-4-3-6-15(16)20(27)23(2)17-8-5-9-21-19(17)25/h3-9H,10-14H2,1-2H3. The van der Waals surface area contributed by atoms with Gasteiger partial charge < -0.3 is 9.80 Å². The zero-order chi connectivity index (χ0) is 19.0. The number of pyridine rings is 1. The highest BCUT2D eigenvalue weighted by atomic mass is 16.2. The fourth-order valence-electron chi connectivity index (χ4n) is 3.60. The summed E-state index contributed by atoms with van der Waals surface area (Å²) in [5.41, 5.74) is 1.72. The number of aromatic nitrogens is 1. The van der Waals surface area contributed by atoms with Crippen LogP contribution in [0.2, 0.25) is 0 Å². The molecule has 2 amide bonds. The minimum absolute atomic E-state index is 0.0740. The van der Waals surface area contributed by atoms with E-state index in [0.29, 0.717) is 29.3 Å². The van der Waals surface area contributed by atoms with Crippen molar-refractivity contribution in [3.05, 3.63) is 48.2 Å². The number of nitrogens with zero attached hydrogens (tertiary/aromatic N) is 5. The van der Waals surface area contributed by atoms with E-state index in [2.05, 4.69) is 21.8 Å². The maximum Gasteiger partial charge on any atom is 0.260 e. The minimum atomic E-state index is -0.144. The molecule has 1 fully saturated rings. The van der Waals surface area contributed by atoms with Crippen molar-refractivity contribution >= 4 is 29.0 Å². The van der Waals surface area contributed by atoms with Gasteiger partial charge in [0, 0.05) is 39.4 Å². The van der Waals surface area contributed by atoms with Gasteiger partial charge in [-0.3, -0.25) is 19.4 Å². The van der Waals surface area contributed by atoms with Gasteiger partial charge in [0.15, 0.2) is 5.82 Å². The van der Waals surface area contributed by atoms with Crippen LogP contribution in [0, 0.1) is 0 Å². The first-order valence-electron chi connectivity index (χ1n) is 9.12. The van der Waals surface area contributed by atoms with Gasteiger partial charge in [-0.25, -0.2) is 4.98 Å². The first-order chi connectivity index (χ1) is 13.1. The van der Waals surface area contributed by atoms with Crippen LogP contribution in [0.4, 0.5) is 17.2 Å². The summed E-state index contributed by atoms with van der Waals surface area (Å²) in [6.45, 7) is 3.90. The molecule has 0 bridgehead atoms. The largest absolute Gasteiger partial charge is 0.308 e. The number of rotatable bonds is 2. The number of para-hydroxylation sites is 1. The molecule has 4 rings (SSSR count). The highest BCUT2D eigenvalue weighted by Gasteiger charge is 2.33. The Hall–Kier alpha value is -2.77. The Bertz CT molecular complexity index is 876. The number of benzene rings is 1. The van der Waals surface area contributed by atoms with Crippen molar-refractivity contribution in [1.29, 1.82) is 0 Å². The Labute approximate surface area is 158 Å². The average molecular weight is 365 g/mol. The van der Waals surface area contributed by atoms with Crippen LogP contribution in [-0.4, -0.2) is 73.4 Å². The number of piperazine rings is 1. The van der Waals surface area contributed by atoms with Crippen LogP contribution in [0.1, 0.15) is 10.4 Å². The molecule has 1 saturated heterocycles. The van der Waals surface area contributed by atoms with Crippen molar-refractivity contribution in [3.63, 3.8) is 0 Å². The lowest BCUT2D eigenvalue weighted by Gasteiger charge is -2.33. The van der Waals surface area contributed by atoms with E-state index in [1.54, 1.807) is 35.2 Å². The van der Waals surface area contributed by atoms with E-state index < -0.39 is 0 Å². The van der Waals surface area contributed by atoms with Gasteiger partial charge in [0.05, 0.1) is 23.5 Å². The molecular weight excluding hydrogens is 342 g/mol. The molecular formula is C20H23N5O2. The zero-order valence-corrected chi connectivity index (χ0v) is 15.6. The quantitative estimate of drug-likeness (QED) is 0.809. The van der Waals surface area contributed by atoms with Crippen molar-refractivity contribution < 1.29 is 9.59 Å². The van der Waals surface area contributed by atoms with Gasteiger partial charge in [0.25, 0.3) is 5.91 Å². The molecule has 0 aliphatic carbocycles. The number of likely N-dealkylation sites (N-methyl/N-ethyl adjacent to an activating group) is 1. The lowest BCUT2D eigenvalue weighted by Crippen LogP contribution is -2.48. The molecule has 0 radical (unpaired) electrons. The predicted molar refractivity (Wildman–Crippen MR) is 104 cm³/mol. The van der Waals surface area contributed by atoms with Crippen molar-refractivity contribution in [1.82, 2.24) is 14.8 Å². The predicted octanol–water partition coefficient (Wildman–Crippen LogP) is 1.58. The molecule has 0 saturated carbocycles. The molecule has 2 aliphatic rings. The summed E-state index contributed by atoms with van der Waals surface area (Å²) in [6.07, 6.45) is 1.65. The van der Waals surface area contributed by atoms with Crippen LogP contribution in [0.25, 0.3) is 0 Å². The Kier molecular flexibility index (Phi) is 4.63. The minimum Gasteiger partial charge on any atom is -0.308 e. The van der Waals surface area contributed by atoms with Crippen LogP contribution in [0.5, 0.6) is 0 Å². The fourth-order valence-corrected chi connectivity index (χ4v) is 3.60. The average Bonchev–Trinajstić information content (AvgIpc) is 2.78. The molecule has 0 unspecified atom stereocenters. The molecule has 1 aromatic carbocycles. The maximum atomic E-state index is 13.3. The smallest absolute Gasteiger partial charge is 0.260 e. The van der Waals surface area contributed by atoms with Gasteiger partial charge in [-0.1, -0.05) is 12.1 Å². The van der Waals surface area contributed by atoms with Gasteiger partial charge in [0.1, 0.15) is 0 Å². The number of anilines is 3. The van der Waals surface area contributed by atoms with Crippen LogP contribution in [0.3, 0.4) is 0 Å². The van der Waals surface area contributed by atoms with E-state index in [9.17, 15) is 9.59 Å². The summed E-state index contributed by atoms with van der Waals surface area (Å²) >= 11 is 0. The SMILES string of the molecule is CN1CCN(CC(=O)N2c3ccccc3C(=O)N(C)c3cccnc32)CC1. The number of carbonyl (C=O) groups is 2. The Morgan fingerprint density at radius 2 is 1.70 bits per heavy atom. The summed E-state index contributed by atoms with van der Waals surface area (Å²) in [5, 5.41) is 0. The Morgan fingerprint density at radius 1 is 1.00 bits per heavy atom. The van der Waals surface area contributed by atoms with E-state index in [0.717, 1.165) is 26.2 Å². The van der Waals surface area contributed by atoms with Crippen molar-refractivity contribution in [2.75, 3.05) is 56.6 Å². The number of hydrogen-bond acceptors (Lipinski definition) is 5. The highest BCUT2D eigenvalue weighted by Crippen LogP contribution is 2.38. The molecule has 0 atom stereocenters. The van der Waals surface area contributed by atoms with E-state index in [4.69, 9.17) is 0 Å². The second-order valence-corrected chi connectivity index (χ2v) is 7.04. The maximum absolute atomic E-state index is 13.3. The van der Waals surface area contributed by atoms with E-state index in [1.165, 1.54) is 0 Å². The van der Waals surface area contributed by atoms with Crippen LogP contribution >= 0.6 is 0 Å². The number of amides is 2. The third-order valence-corrected chi connectivity index (χ3v) is 5.22. The Balaban J connectivity index is 1.74. The number of hydrogen-bond donors (Lipinski definition) is 0. The Morgan fingerprint density at radius 3 is 2.48 bits per heavy atom. The molecule has 2 aliphatic heterocycles. The van der Waals surface area contributed by atoms with Crippen LogP contribution in [-0.2, 0) is 4.79 Å². The zero-order valence-electron chi connectivity index (χ0n) is 15.6. The van der Waals surface area contributed by atoms with Crippen molar-refractivity contribution in [2.24, 2.45) is 0 Å². The summed E-state index contributed by atoms with van der Waals surface area (Å²) in [4.78, 5) is 38.3. The monoisotopic (exact) mass is 365 g/mol. The summed E-state index contributed by atoms with van der Waals surface area (Å²) in [5.74, 6) is 0.280. The highest BCUT2D eigenvalue weighted by molar-refractivity contribution is 6.18. The van der Waals surface area contributed by atoms with E-state index >= 15 is 0 Å². The van der Waals surface area contributed by atoms with Crippen LogP contribution < -0.4 is 9.80 Å². The molecule has 3 heterocycles. The topological polar surface area (TPSA) is 60.0 Å². The van der Waals surface area contributed by atoms with E-state index in [-0.39, 0.29) is 11.8 Å². The molecule has 27 heavy (non-hydrogen) atoms. The normalized spacial score (nSPS) is 18.1. The summed E-state index contributed by atoms with van der Waals surface area (Å²) < 4.78 is 0. The number of fused-ring (bicyclic) bond motifs is 2. The lowest BCUT2D eigenvalue weighted by molar-refractivity contribution is -0.119. The second-order valence-electron chi connectivity index (χ2n) is 7.04. The molecule has 7 heteroatoms. The molecule has 1 aromatic heterocycles. The molecule has 0 spiro atoms. The molecule has 140 valence electrons. The summed E-state index contributed by atoms with van der Waals surface area (Å²) in [6, 6.07) is 10.8. The second kappa shape index (κ2) is 7.09. The van der Waals surface area contributed by atoms with Gasteiger partial charge in [-0.2, -0.15) is 0 Å². The fraction of sp³-hybridized carbons (Fsp3) is 0.350. The van der Waals surface area contributed by atoms with Crippen molar-refractivity contribution in [2.45, 2.75) is 0 Å². The van der Waals surface area contributed by atoms with Gasteiger partial charge in [0.2, 0.25) is 5.91 Å². The van der Waals surface area contributed by atoms with Gasteiger partial charge >= 0.3 is 0 Å².